The molecular formula is C29H30N4O3. The molecule has 7 heteroatoms. The van der Waals surface area contributed by atoms with Gasteiger partial charge in [0.1, 0.15) is 0 Å². The fraction of sp³-hybridized carbons (Fsp3) is 0.310. The Kier molecular flexibility index (Phi) is 6.55. The van der Waals surface area contributed by atoms with E-state index in [1.807, 2.05) is 66.4 Å². The van der Waals surface area contributed by atoms with Crippen LogP contribution in [0.5, 0.6) is 0 Å². The van der Waals surface area contributed by atoms with Crippen molar-refractivity contribution in [3.8, 4) is 0 Å². The molecule has 184 valence electrons. The number of aromatic nitrogens is 1. The predicted octanol–water partition coefficient (Wildman–Crippen LogP) is 3.41. The monoisotopic (exact) mass is 482 g/mol. The lowest BCUT2D eigenvalue weighted by atomic mass is 9.75. The molecule has 2 atom stereocenters. The number of likely N-dealkylation sites (tertiary alicyclic amines) is 1. The number of pyridine rings is 1. The average Bonchev–Trinajstić information content (AvgIpc) is 3.15. The summed E-state index contributed by atoms with van der Waals surface area (Å²) in [5.41, 5.74) is 1.43. The summed E-state index contributed by atoms with van der Waals surface area (Å²) in [5.74, 6) is -0.669. The third kappa shape index (κ3) is 4.49. The number of piperazine rings is 1. The van der Waals surface area contributed by atoms with Gasteiger partial charge in [0.25, 0.3) is 0 Å². The summed E-state index contributed by atoms with van der Waals surface area (Å²) in [7, 11) is 0. The van der Waals surface area contributed by atoms with Crippen LogP contribution >= 0.6 is 0 Å². The van der Waals surface area contributed by atoms with Crippen molar-refractivity contribution >= 4 is 23.4 Å². The first-order valence-corrected chi connectivity index (χ1v) is 12.4. The van der Waals surface area contributed by atoms with Gasteiger partial charge in [-0.05, 0) is 36.2 Å². The van der Waals surface area contributed by atoms with Crippen molar-refractivity contribution in [2.45, 2.75) is 37.8 Å². The number of anilines is 1. The highest BCUT2D eigenvalue weighted by atomic mass is 16.2. The highest BCUT2D eigenvalue weighted by Gasteiger charge is 2.54. The molecule has 0 saturated carbocycles. The SMILES string of the molecule is C[C@H]1CN(c2ccccc2)CCN1C(=O)C[C@]1(c2ccccc2)CC(=O)N(Cc2cccnc2)C1=O. The van der Waals surface area contributed by atoms with Gasteiger partial charge in [0, 0.05) is 56.6 Å². The fourth-order valence-corrected chi connectivity index (χ4v) is 5.42. The third-order valence-corrected chi connectivity index (χ3v) is 7.32. The summed E-state index contributed by atoms with van der Waals surface area (Å²) in [6.45, 7) is 4.20. The van der Waals surface area contributed by atoms with Gasteiger partial charge in [-0.2, -0.15) is 0 Å². The third-order valence-electron chi connectivity index (χ3n) is 7.32. The van der Waals surface area contributed by atoms with Gasteiger partial charge in [0.2, 0.25) is 17.7 Å². The second-order valence-corrected chi connectivity index (χ2v) is 9.67. The Balaban J connectivity index is 1.38. The Morgan fingerprint density at radius 2 is 1.69 bits per heavy atom. The number of rotatable bonds is 6. The molecule has 5 rings (SSSR count). The highest BCUT2D eigenvalue weighted by Crippen LogP contribution is 2.41. The van der Waals surface area contributed by atoms with Gasteiger partial charge in [-0.1, -0.05) is 54.6 Å². The molecule has 0 N–H and O–H groups in total. The van der Waals surface area contributed by atoms with E-state index < -0.39 is 5.41 Å². The maximum Gasteiger partial charge on any atom is 0.241 e. The van der Waals surface area contributed by atoms with Crippen LogP contribution in [0.3, 0.4) is 0 Å². The molecule has 2 fully saturated rings. The number of imide groups is 1. The van der Waals surface area contributed by atoms with Crippen LogP contribution in [0.15, 0.2) is 85.2 Å². The van der Waals surface area contributed by atoms with Crippen LogP contribution in [-0.2, 0) is 26.3 Å². The number of nitrogens with zero attached hydrogens (tertiary/aromatic N) is 4. The van der Waals surface area contributed by atoms with E-state index in [1.54, 1.807) is 18.5 Å². The fourth-order valence-electron chi connectivity index (χ4n) is 5.42. The van der Waals surface area contributed by atoms with E-state index in [1.165, 1.54) is 4.90 Å². The first-order chi connectivity index (χ1) is 17.5. The lowest BCUT2D eigenvalue weighted by Crippen LogP contribution is -2.55. The van der Waals surface area contributed by atoms with Gasteiger partial charge in [-0.15, -0.1) is 0 Å². The zero-order valence-electron chi connectivity index (χ0n) is 20.4. The number of para-hydroxylation sites is 1. The quantitative estimate of drug-likeness (QED) is 0.504. The minimum Gasteiger partial charge on any atom is -0.368 e. The van der Waals surface area contributed by atoms with Gasteiger partial charge in [-0.3, -0.25) is 24.3 Å². The zero-order chi connectivity index (χ0) is 25.1. The summed E-state index contributed by atoms with van der Waals surface area (Å²) >= 11 is 0. The standard InChI is InChI=1S/C29H30N4O3/c1-22-20-31(25-12-6-3-7-13-25)15-16-32(22)26(34)17-29(24-10-4-2-5-11-24)18-27(35)33(28(29)36)21-23-9-8-14-30-19-23/h2-14,19,22H,15-18,20-21H2,1H3/t22-,29+/m0/s1. The maximum absolute atomic E-state index is 13.9. The Morgan fingerprint density at radius 3 is 2.36 bits per heavy atom. The first-order valence-electron chi connectivity index (χ1n) is 12.4. The van der Waals surface area contributed by atoms with Gasteiger partial charge >= 0.3 is 0 Å². The van der Waals surface area contributed by atoms with Crippen molar-refractivity contribution < 1.29 is 14.4 Å². The van der Waals surface area contributed by atoms with Crippen LogP contribution in [0.1, 0.15) is 30.9 Å². The second kappa shape index (κ2) is 9.93. The van der Waals surface area contributed by atoms with E-state index in [0.717, 1.165) is 17.8 Å². The lowest BCUT2D eigenvalue weighted by molar-refractivity contribution is -0.144. The van der Waals surface area contributed by atoms with Gasteiger partial charge in [0.15, 0.2) is 0 Å². The molecule has 0 unspecified atom stereocenters. The first kappa shape index (κ1) is 23.7. The number of hydrogen-bond acceptors (Lipinski definition) is 5. The number of amides is 3. The smallest absolute Gasteiger partial charge is 0.241 e. The number of hydrogen-bond donors (Lipinski definition) is 0. The van der Waals surface area contributed by atoms with E-state index in [4.69, 9.17) is 0 Å². The Labute approximate surface area is 211 Å². The van der Waals surface area contributed by atoms with Gasteiger partial charge < -0.3 is 9.80 Å². The number of carbonyl (C=O) groups excluding carboxylic acids is 3. The summed E-state index contributed by atoms with van der Waals surface area (Å²) < 4.78 is 0. The molecule has 2 aliphatic heterocycles. The molecule has 0 radical (unpaired) electrons. The van der Waals surface area contributed by atoms with E-state index in [9.17, 15) is 14.4 Å². The molecular weight excluding hydrogens is 452 g/mol. The molecule has 0 bridgehead atoms. The van der Waals surface area contributed by atoms with E-state index in [0.29, 0.717) is 18.7 Å². The van der Waals surface area contributed by atoms with Crippen LogP contribution < -0.4 is 4.90 Å². The lowest BCUT2D eigenvalue weighted by Gasteiger charge is -2.42. The summed E-state index contributed by atoms with van der Waals surface area (Å²) in [6.07, 6.45) is 3.27. The van der Waals surface area contributed by atoms with Crippen molar-refractivity contribution in [1.82, 2.24) is 14.8 Å². The molecule has 0 aliphatic carbocycles. The van der Waals surface area contributed by atoms with Crippen LogP contribution in [0.25, 0.3) is 0 Å². The molecule has 36 heavy (non-hydrogen) atoms. The zero-order valence-corrected chi connectivity index (χ0v) is 20.4. The topological polar surface area (TPSA) is 73.8 Å². The predicted molar refractivity (Wildman–Crippen MR) is 137 cm³/mol. The summed E-state index contributed by atoms with van der Waals surface area (Å²) in [6, 6.07) is 23.1. The molecule has 0 spiro atoms. The van der Waals surface area contributed by atoms with Crippen LogP contribution in [0, 0.1) is 0 Å². The molecule has 2 saturated heterocycles. The maximum atomic E-state index is 13.9. The number of carbonyl (C=O) groups is 3. The average molecular weight is 483 g/mol. The summed E-state index contributed by atoms with van der Waals surface area (Å²) in [4.78, 5) is 50.3. The minimum absolute atomic E-state index is 0.0137. The van der Waals surface area contributed by atoms with Crippen LogP contribution in [0.4, 0.5) is 5.69 Å². The van der Waals surface area contributed by atoms with Crippen molar-refractivity contribution in [2.24, 2.45) is 0 Å². The molecule has 1 aromatic heterocycles. The van der Waals surface area contributed by atoms with Crippen LogP contribution in [0.2, 0.25) is 0 Å². The number of benzene rings is 2. The van der Waals surface area contributed by atoms with E-state index >= 15 is 0 Å². The van der Waals surface area contributed by atoms with Crippen molar-refractivity contribution in [3.05, 3.63) is 96.3 Å². The largest absolute Gasteiger partial charge is 0.368 e. The normalized spacial score (nSPS) is 22.2. The van der Waals surface area contributed by atoms with Crippen molar-refractivity contribution in [3.63, 3.8) is 0 Å². The molecule has 2 aromatic carbocycles. The van der Waals surface area contributed by atoms with E-state index in [2.05, 4.69) is 22.0 Å². The van der Waals surface area contributed by atoms with E-state index in [-0.39, 0.29) is 43.1 Å². The molecule has 7 nitrogen and oxygen atoms in total. The Morgan fingerprint density at radius 1 is 0.972 bits per heavy atom. The van der Waals surface area contributed by atoms with Crippen LogP contribution in [-0.4, -0.2) is 58.2 Å². The van der Waals surface area contributed by atoms with Gasteiger partial charge in [-0.25, -0.2) is 0 Å². The highest BCUT2D eigenvalue weighted by molar-refractivity contribution is 6.10. The van der Waals surface area contributed by atoms with Crippen molar-refractivity contribution in [2.75, 3.05) is 24.5 Å². The molecule has 3 amide bonds. The molecule has 2 aliphatic rings. The summed E-state index contributed by atoms with van der Waals surface area (Å²) in [5, 5.41) is 0. The Bertz CT molecular complexity index is 1240. The Hall–Kier alpha value is -4.00. The van der Waals surface area contributed by atoms with Crippen molar-refractivity contribution in [1.29, 1.82) is 0 Å². The molecule has 3 aromatic rings. The molecule has 3 heterocycles. The second-order valence-electron chi connectivity index (χ2n) is 9.67. The minimum atomic E-state index is -1.20. The van der Waals surface area contributed by atoms with Gasteiger partial charge in [0.05, 0.1) is 12.0 Å².